The fourth-order valence-electron chi connectivity index (χ4n) is 1.96. The average Bonchev–Trinajstić information content (AvgIpc) is 2.82. The number of aryl methyl sites for hydroxylation is 2. The van der Waals surface area contributed by atoms with Gasteiger partial charge in [-0.05, 0) is 37.6 Å². The second kappa shape index (κ2) is 7.73. The smallest absolute Gasteiger partial charge is 0.262 e. The molecule has 0 aliphatic carbocycles. The summed E-state index contributed by atoms with van der Waals surface area (Å²) in [6.07, 6.45) is 3.01. The van der Waals surface area contributed by atoms with Crippen molar-refractivity contribution in [3.63, 3.8) is 0 Å². The summed E-state index contributed by atoms with van der Waals surface area (Å²) in [4.78, 5) is 23.5. The minimum absolute atomic E-state index is 0.0495. The first-order chi connectivity index (χ1) is 11.0. The number of rotatable bonds is 4. The summed E-state index contributed by atoms with van der Waals surface area (Å²) in [6.45, 7) is 3.77. The van der Waals surface area contributed by atoms with Gasteiger partial charge in [0.25, 0.3) is 11.8 Å². The van der Waals surface area contributed by atoms with E-state index in [1.807, 2.05) is 44.2 Å². The van der Waals surface area contributed by atoms with Gasteiger partial charge < -0.3 is 0 Å². The van der Waals surface area contributed by atoms with E-state index >= 15 is 0 Å². The summed E-state index contributed by atoms with van der Waals surface area (Å²) in [5.41, 5.74) is 7.29. The largest absolute Gasteiger partial charge is 0.271 e. The number of nitrogens with one attached hydrogen (secondary N) is 2. The zero-order chi connectivity index (χ0) is 16.8. The van der Waals surface area contributed by atoms with Crippen molar-refractivity contribution in [2.24, 2.45) is 0 Å². The van der Waals surface area contributed by atoms with Crippen LogP contribution in [0.15, 0.2) is 40.9 Å². The second-order valence-electron chi connectivity index (χ2n) is 4.98. The van der Waals surface area contributed by atoms with Crippen LogP contribution in [0.3, 0.4) is 0 Å². The summed E-state index contributed by atoms with van der Waals surface area (Å²) in [7, 11) is 0. The molecule has 2 aromatic rings. The highest BCUT2D eigenvalue weighted by molar-refractivity contribution is 9.10. The quantitative estimate of drug-likeness (QED) is 0.633. The zero-order valence-electron chi connectivity index (χ0n) is 12.8. The molecule has 1 aromatic heterocycles. The van der Waals surface area contributed by atoms with Gasteiger partial charge in [0.05, 0.1) is 5.69 Å². The molecule has 0 aliphatic heterocycles. The van der Waals surface area contributed by atoms with E-state index < -0.39 is 5.91 Å². The van der Waals surface area contributed by atoms with E-state index in [1.165, 1.54) is 6.08 Å². The predicted octanol–water partition coefficient (Wildman–Crippen LogP) is 2.12. The third-order valence-electron chi connectivity index (χ3n) is 3.04. The van der Waals surface area contributed by atoms with E-state index in [1.54, 1.807) is 10.8 Å². The SMILES string of the molecule is Cc1cc(C)n(CC(=O)NNC(=O)/C=C/c2ccccc2Br)n1. The summed E-state index contributed by atoms with van der Waals surface area (Å²) < 4.78 is 2.46. The first kappa shape index (κ1) is 17.0. The fraction of sp³-hybridized carbons (Fsp3) is 0.188. The Balaban J connectivity index is 1.83. The molecule has 1 aromatic carbocycles. The van der Waals surface area contributed by atoms with Gasteiger partial charge in [0.1, 0.15) is 6.54 Å². The van der Waals surface area contributed by atoms with Crippen molar-refractivity contribution < 1.29 is 9.59 Å². The Hall–Kier alpha value is -2.41. The second-order valence-corrected chi connectivity index (χ2v) is 5.83. The van der Waals surface area contributed by atoms with Crippen LogP contribution in [0.4, 0.5) is 0 Å². The number of hydrogen-bond donors (Lipinski definition) is 2. The van der Waals surface area contributed by atoms with Crippen LogP contribution in [0.2, 0.25) is 0 Å². The summed E-state index contributed by atoms with van der Waals surface area (Å²) in [6, 6.07) is 9.40. The van der Waals surface area contributed by atoms with Gasteiger partial charge >= 0.3 is 0 Å². The van der Waals surface area contributed by atoms with Crippen molar-refractivity contribution in [2.45, 2.75) is 20.4 Å². The lowest BCUT2D eigenvalue weighted by molar-refractivity contribution is -0.127. The minimum atomic E-state index is -0.414. The molecule has 0 atom stereocenters. The Bertz CT molecular complexity index is 752. The molecule has 23 heavy (non-hydrogen) atoms. The maximum Gasteiger partial charge on any atom is 0.262 e. The van der Waals surface area contributed by atoms with Crippen LogP contribution in [-0.2, 0) is 16.1 Å². The first-order valence-electron chi connectivity index (χ1n) is 6.98. The maximum atomic E-state index is 11.8. The van der Waals surface area contributed by atoms with Crippen LogP contribution in [0, 0.1) is 13.8 Å². The number of amides is 2. The molecule has 0 fully saturated rings. The lowest BCUT2D eigenvalue weighted by Crippen LogP contribution is -2.42. The molecule has 120 valence electrons. The number of carbonyl (C=O) groups excluding carboxylic acids is 2. The number of benzene rings is 1. The maximum absolute atomic E-state index is 11.8. The molecule has 0 radical (unpaired) electrons. The Kier molecular flexibility index (Phi) is 5.70. The van der Waals surface area contributed by atoms with Gasteiger partial charge in [-0.2, -0.15) is 5.10 Å². The van der Waals surface area contributed by atoms with E-state index in [0.29, 0.717) is 0 Å². The number of hydrogen-bond acceptors (Lipinski definition) is 3. The molecule has 0 aliphatic rings. The lowest BCUT2D eigenvalue weighted by atomic mass is 10.2. The van der Waals surface area contributed by atoms with Crippen LogP contribution in [0.5, 0.6) is 0 Å². The van der Waals surface area contributed by atoms with E-state index in [2.05, 4.69) is 31.9 Å². The van der Waals surface area contributed by atoms with Crippen molar-refractivity contribution in [3.8, 4) is 0 Å². The van der Waals surface area contributed by atoms with E-state index in [9.17, 15) is 9.59 Å². The zero-order valence-corrected chi connectivity index (χ0v) is 14.4. The highest BCUT2D eigenvalue weighted by Gasteiger charge is 2.07. The first-order valence-corrected chi connectivity index (χ1v) is 7.77. The van der Waals surface area contributed by atoms with Crippen LogP contribution in [0.25, 0.3) is 6.08 Å². The van der Waals surface area contributed by atoms with Gasteiger partial charge in [0.15, 0.2) is 0 Å². The molecular weight excluding hydrogens is 360 g/mol. The highest BCUT2D eigenvalue weighted by atomic mass is 79.9. The monoisotopic (exact) mass is 376 g/mol. The summed E-state index contributed by atoms with van der Waals surface area (Å²) >= 11 is 3.39. The molecule has 2 N–H and O–H groups in total. The number of nitrogens with zero attached hydrogens (tertiary/aromatic N) is 2. The summed E-state index contributed by atoms with van der Waals surface area (Å²) in [5.74, 6) is -0.763. The molecule has 6 nitrogen and oxygen atoms in total. The van der Waals surface area contributed by atoms with Crippen molar-refractivity contribution in [1.82, 2.24) is 20.6 Å². The van der Waals surface area contributed by atoms with Gasteiger partial charge in [-0.3, -0.25) is 25.1 Å². The minimum Gasteiger partial charge on any atom is -0.271 e. The van der Waals surface area contributed by atoms with Crippen LogP contribution in [0.1, 0.15) is 17.0 Å². The van der Waals surface area contributed by atoms with Crippen molar-refractivity contribution in [1.29, 1.82) is 0 Å². The van der Waals surface area contributed by atoms with Crippen molar-refractivity contribution in [2.75, 3.05) is 0 Å². The van der Waals surface area contributed by atoms with Crippen LogP contribution < -0.4 is 10.9 Å². The molecule has 1 heterocycles. The Labute approximate surface area is 142 Å². The van der Waals surface area contributed by atoms with Gasteiger partial charge in [-0.25, -0.2) is 0 Å². The predicted molar refractivity (Wildman–Crippen MR) is 91.2 cm³/mol. The van der Waals surface area contributed by atoms with E-state index in [0.717, 1.165) is 21.4 Å². The lowest BCUT2D eigenvalue weighted by Gasteiger charge is -2.06. The van der Waals surface area contributed by atoms with Gasteiger partial charge in [-0.1, -0.05) is 34.1 Å². The Morgan fingerprint density at radius 1 is 1.26 bits per heavy atom. The fourth-order valence-corrected chi connectivity index (χ4v) is 2.38. The molecule has 2 rings (SSSR count). The van der Waals surface area contributed by atoms with Crippen molar-refractivity contribution in [3.05, 3.63) is 57.8 Å². The Morgan fingerprint density at radius 2 is 2.00 bits per heavy atom. The van der Waals surface area contributed by atoms with E-state index in [-0.39, 0.29) is 12.5 Å². The highest BCUT2D eigenvalue weighted by Crippen LogP contribution is 2.16. The van der Waals surface area contributed by atoms with E-state index in [4.69, 9.17) is 0 Å². The normalized spacial score (nSPS) is 10.7. The summed E-state index contributed by atoms with van der Waals surface area (Å²) in [5, 5.41) is 4.19. The molecule has 0 saturated carbocycles. The van der Waals surface area contributed by atoms with Gasteiger partial charge in [-0.15, -0.1) is 0 Å². The number of halogens is 1. The Morgan fingerprint density at radius 3 is 2.65 bits per heavy atom. The molecule has 7 heteroatoms. The number of carbonyl (C=O) groups is 2. The molecular formula is C16H17BrN4O2. The standard InChI is InChI=1S/C16H17BrN4O2/c1-11-9-12(2)21(20-11)10-16(23)19-18-15(22)8-7-13-5-3-4-6-14(13)17/h3-9H,10H2,1-2H3,(H,18,22)(H,19,23)/b8-7+. The molecule has 0 saturated heterocycles. The number of hydrazine groups is 1. The van der Waals surface area contributed by atoms with Crippen LogP contribution in [-0.4, -0.2) is 21.6 Å². The van der Waals surface area contributed by atoms with Gasteiger partial charge in [0, 0.05) is 16.2 Å². The molecule has 0 unspecified atom stereocenters. The molecule has 0 spiro atoms. The van der Waals surface area contributed by atoms with Gasteiger partial charge in [0.2, 0.25) is 0 Å². The third kappa shape index (κ3) is 5.07. The third-order valence-corrected chi connectivity index (χ3v) is 3.76. The topological polar surface area (TPSA) is 76.0 Å². The molecule has 2 amide bonds. The molecule has 0 bridgehead atoms. The average molecular weight is 377 g/mol. The van der Waals surface area contributed by atoms with Crippen molar-refractivity contribution >= 4 is 33.8 Å². The number of aromatic nitrogens is 2. The van der Waals surface area contributed by atoms with Crippen LogP contribution >= 0.6 is 15.9 Å².